The fraction of sp³-hybridized carbons (Fsp3) is 0.250. The van der Waals surface area contributed by atoms with Crippen LogP contribution in [0, 0.1) is 0 Å². The van der Waals surface area contributed by atoms with E-state index in [0.717, 1.165) is 0 Å². The van der Waals surface area contributed by atoms with Gasteiger partial charge in [-0.2, -0.15) is 0 Å². The summed E-state index contributed by atoms with van der Waals surface area (Å²) in [6.45, 7) is 0. The molecular weight excluding hydrogens is 154 g/mol. The van der Waals surface area contributed by atoms with Crippen molar-refractivity contribution in [2.24, 2.45) is 10.7 Å². The van der Waals surface area contributed by atoms with Gasteiger partial charge in [0.2, 0.25) is 0 Å². The van der Waals surface area contributed by atoms with Gasteiger partial charge in [0, 0.05) is 0 Å². The zero-order chi connectivity index (χ0) is 6.85. The lowest BCUT2D eigenvalue weighted by Gasteiger charge is -2.14. The third-order valence-corrected chi connectivity index (χ3v) is 1.68. The molecule has 0 saturated heterocycles. The summed E-state index contributed by atoms with van der Waals surface area (Å²) in [6.07, 6.45) is 1.45. The lowest BCUT2D eigenvalue weighted by Crippen LogP contribution is -2.46. The average Bonchev–Trinajstić information content (AvgIpc) is 1.83. The van der Waals surface area contributed by atoms with Crippen LogP contribution in [0.5, 0.6) is 0 Å². The van der Waals surface area contributed by atoms with E-state index in [0.29, 0.717) is 9.98 Å². The summed E-state index contributed by atoms with van der Waals surface area (Å²) in [7, 11) is 0. The minimum Gasteiger partial charge on any atom is -0.339 e. The highest BCUT2D eigenvalue weighted by atomic mass is 32.1. The molecule has 3 N–H and O–H groups in total. The SMILES string of the molecule is NC1C(=S)N=CNC1=S. The van der Waals surface area contributed by atoms with E-state index in [2.05, 4.69) is 10.3 Å². The molecule has 0 saturated carbocycles. The van der Waals surface area contributed by atoms with Crippen molar-refractivity contribution in [2.75, 3.05) is 0 Å². The minimum atomic E-state index is -0.375. The van der Waals surface area contributed by atoms with Crippen LogP contribution in [0.2, 0.25) is 0 Å². The van der Waals surface area contributed by atoms with Gasteiger partial charge in [-0.15, -0.1) is 0 Å². The van der Waals surface area contributed by atoms with E-state index in [1.54, 1.807) is 0 Å². The molecule has 1 heterocycles. The molecule has 48 valence electrons. The fourth-order valence-corrected chi connectivity index (χ4v) is 0.851. The molecule has 0 spiro atoms. The summed E-state index contributed by atoms with van der Waals surface area (Å²) in [5.74, 6) is 0. The highest BCUT2D eigenvalue weighted by Crippen LogP contribution is 1.93. The van der Waals surface area contributed by atoms with Crippen LogP contribution in [0.1, 0.15) is 0 Å². The van der Waals surface area contributed by atoms with E-state index < -0.39 is 0 Å². The molecule has 0 amide bonds. The van der Waals surface area contributed by atoms with E-state index in [1.807, 2.05) is 0 Å². The second kappa shape index (κ2) is 2.47. The maximum atomic E-state index is 5.46. The molecule has 1 atom stereocenters. The van der Waals surface area contributed by atoms with Crippen molar-refractivity contribution in [2.45, 2.75) is 6.04 Å². The summed E-state index contributed by atoms with van der Waals surface area (Å²) in [5, 5.41) is 2.69. The van der Waals surface area contributed by atoms with Gasteiger partial charge in [0.25, 0.3) is 0 Å². The van der Waals surface area contributed by atoms with Gasteiger partial charge < -0.3 is 11.1 Å². The topological polar surface area (TPSA) is 50.4 Å². The summed E-state index contributed by atoms with van der Waals surface area (Å²) in [6, 6.07) is -0.375. The van der Waals surface area contributed by atoms with Gasteiger partial charge in [-0.1, -0.05) is 24.4 Å². The van der Waals surface area contributed by atoms with Gasteiger partial charge in [-0.3, -0.25) is 0 Å². The van der Waals surface area contributed by atoms with E-state index in [-0.39, 0.29) is 6.04 Å². The Morgan fingerprint density at radius 1 is 1.67 bits per heavy atom. The number of thiocarbonyl (C=S) groups is 2. The molecule has 3 nitrogen and oxygen atoms in total. The van der Waals surface area contributed by atoms with E-state index in [9.17, 15) is 0 Å². The Morgan fingerprint density at radius 3 is 2.78 bits per heavy atom. The minimum absolute atomic E-state index is 0.375. The Hall–Kier alpha value is -0.390. The first kappa shape index (κ1) is 6.73. The molecule has 0 fully saturated rings. The summed E-state index contributed by atoms with van der Waals surface area (Å²) < 4.78 is 0. The van der Waals surface area contributed by atoms with Crippen molar-refractivity contribution >= 4 is 40.8 Å². The van der Waals surface area contributed by atoms with Crippen LogP contribution in [-0.2, 0) is 0 Å². The Labute approximate surface area is 63.3 Å². The summed E-state index contributed by atoms with van der Waals surface area (Å²) >= 11 is 9.55. The van der Waals surface area contributed by atoms with Gasteiger partial charge in [0.15, 0.2) is 0 Å². The maximum Gasteiger partial charge on any atom is 0.128 e. The van der Waals surface area contributed by atoms with Gasteiger partial charge in [-0.25, -0.2) is 4.99 Å². The predicted octanol–water partition coefficient (Wildman–Crippen LogP) is -0.400. The Bertz CT molecular complexity index is 186. The number of nitrogens with one attached hydrogen (secondary N) is 1. The molecule has 0 aromatic rings. The van der Waals surface area contributed by atoms with Crippen LogP contribution >= 0.6 is 24.4 Å². The van der Waals surface area contributed by atoms with Gasteiger partial charge >= 0.3 is 0 Å². The zero-order valence-electron chi connectivity index (χ0n) is 4.50. The first-order valence-electron chi connectivity index (χ1n) is 2.34. The number of aliphatic imine (C=N–C) groups is 1. The first-order chi connectivity index (χ1) is 4.22. The molecule has 5 heteroatoms. The van der Waals surface area contributed by atoms with Crippen LogP contribution in [0.3, 0.4) is 0 Å². The van der Waals surface area contributed by atoms with Gasteiger partial charge in [-0.05, 0) is 0 Å². The maximum absolute atomic E-state index is 5.46. The third kappa shape index (κ3) is 1.29. The lowest BCUT2D eigenvalue weighted by atomic mass is 10.3. The average molecular weight is 159 g/mol. The quantitative estimate of drug-likeness (QED) is 0.472. The molecule has 1 rings (SSSR count). The fourth-order valence-electron chi connectivity index (χ4n) is 0.442. The summed E-state index contributed by atoms with van der Waals surface area (Å²) in [5.41, 5.74) is 5.46. The lowest BCUT2D eigenvalue weighted by molar-refractivity contribution is 1.10. The smallest absolute Gasteiger partial charge is 0.128 e. The molecule has 0 aromatic carbocycles. The van der Waals surface area contributed by atoms with Crippen molar-refractivity contribution in [1.29, 1.82) is 0 Å². The van der Waals surface area contributed by atoms with Crippen LogP contribution in [0.4, 0.5) is 0 Å². The van der Waals surface area contributed by atoms with Crippen molar-refractivity contribution in [3.8, 4) is 0 Å². The molecule has 1 unspecified atom stereocenters. The van der Waals surface area contributed by atoms with Gasteiger partial charge in [0.1, 0.15) is 16.0 Å². The van der Waals surface area contributed by atoms with Crippen LogP contribution in [0.25, 0.3) is 0 Å². The predicted molar refractivity (Wildman–Crippen MR) is 44.8 cm³/mol. The molecule has 1 aliphatic rings. The number of rotatable bonds is 0. The van der Waals surface area contributed by atoms with Crippen LogP contribution in [-0.4, -0.2) is 22.4 Å². The van der Waals surface area contributed by atoms with Crippen molar-refractivity contribution in [1.82, 2.24) is 5.32 Å². The second-order valence-corrected chi connectivity index (χ2v) is 2.44. The highest BCUT2D eigenvalue weighted by molar-refractivity contribution is 7.82. The third-order valence-electron chi connectivity index (χ3n) is 0.947. The largest absolute Gasteiger partial charge is 0.339 e. The number of nitrogens with zero attached hydrogens (tertiary/aromatic N) is 1. The van der Waals surface area contributed by atoms with Crippen molar-refractivity contribution in [3.63, 3.8) is 0 Å². The number of nitrogens with two attached hydrogens (primary N) is 1. The number of hydrogen-bond acceptors (Lipinski definition) is 3. The molecule has 0 aliphatic carbocycles. The van der Waals surface area contributed by atoms with Gasteiger partial charge in [0.05, 0.1) is 6.34 Å². The molecule has 1 aliphatic heterocycles. The number of hydrogen-bond donors (Lipinski definition) is 2. The molecule has 0 radical (unpaired) electrons. The monoisotopic (exact) mass is 159 g/mol. The molecule has 0 bridgehead atoms. The highest BCUT2D eigenvalue weighted by Gasteiger charge is 2.15. The van der Waals surface area contributed by atoms with E-state index >= 15 is 0 Å². The first-order valence-corrected chi connectivity index (χ1v) is 3.16. The Kier molecular flexibility index (Phi) is 1.84. The Morgan fingerprint density at radius 2 is 2.33 bits per heavy atom. The normalized spacial score (nSPS) is 26.1. The standard InChI is InChI=1S/C4H5N3S2/c5-2-3(8)6-1-7-4(2)9/h1-2H,5H2,(H,6,7,8,9). The van der Waals surface area contributed by atoms with Crippen molar-refractivity contribution < 1.29 is 0 Å². The van der Waals surface area contributed by atoms with E-state index in [1.165, 1.54) is 6.34 Å². The summed E-state index contributed by atoms with van der Waals surface area (Å²) in [4.78, 5) is 4.72. The van der Waals surface area contributed by atoms with Crippen LogP contribution < -0.4 is 11.1 Å². The van der Waals surface area contributed by atoms with Crippen molar-refractivity contribution in [3.05, 3.63) is 0 Å². The molecular formula is C4H5N3S2. The Balaban J connectivity index is 2.81. The molecule has 9 heavy (non-hydrogen) atoms. The van der Waals surface area contributed by atoms with Crippen LogP contribution in [0.15, 0.2) is 4.99 Å². The zero-order valence-corrected chi connectivity index (χ0v) is 6.13. The van der Waals surface area contributed by atoms with E-state index in [4.69, 9.17) is 30.2 Å². The molecule has 0 aromatic heterocycles. The second-order valence-electron chi connectivity index (χ2n) is 1.58.